The van der Waals surface area contributed by atoms with Crippen LogP contribution in [0.1, 0.15) is 30.1 Å². The topological polar surface area (TPSA) is 55.6 Å². The number of ether oxygens (including phenoxy) is 1. The molecule has 0 bridgehead atoms. The lowest BCUT2D eigenvalue weighted by molar-refractivity contribution is 0.0570. The van der Waals surface area contributed by atoms with Crippen LogP contribution in [0.5, 0.6) is 5.75 Å². The summed E-state index contributed by atoms with van der Waals surface area (Å²) in [6.07, 6.45) is 2.02. The van der Waals surface area contributed by atoms with Gasteiger partial charge in [-0.2, -0.15) is 0 Å². The zero-order chi connectivity index (χ0) is 13.8. The van der Waals surface area contributed by atoms with Gasteiger partial charge in [-0.3, -0.25) is 4.79 Å². The first kappa shape index (κ1) is 13.9. The van der Waals surface area contributed by atoms with Gasteiger partial charge in [0.1, 0.15) is 5.75 Å². The number of nitrogens with zero attached hydrogens (tertiary/aromatic N) is 1. The second-order valence-electron chi connectivity index (χ2n) is 5.22. The molecule has 1 saturated heterocycles. The quantitative estimate of drug-likeness (QED) is 0.905. The minimum atomic E-state index is 0.0276. The van der Waals surface area contributed by atoms with Crippen molar-refractivity contribution in [1.82, 2.24) is 4.90 Å². The summed E-state index contributed by atoms with van der Waals surface area (Å²) in [6, 6.07) is 7.50. The van der Waals surface area contributed by atoms with Crippen LogP contribution < -0.4 is 10.5 Å². The van der Waals surface area contributed by atoms with E-state index in [4.69, 9.17) is 10.5 Å². The second-order valence-corrected chi connectivity index (χ2v) is 5.22. The van der Waals surface area contributed by atoms with E-state index in [1.165, 1.54) is 0 Å². The van der Waals surface area contributed by atoms with Crippen molar-refractivity contribution in [3.8, 4) is 5.75 Å². The molecule has 4 heteroatoms. The highest BCUT2D eigenvalue weighted by Crippen LogP contribution is 2.26. The summed E-state index contributed by atoms with van der Waals surface area (Å²) in [5, 5.41) is 0. The molecule has 1 aliphatic heterocycles. The van der Waals surface area contributed by atoms with Gasteiger partial charge in [0.2, 0.25) is 0 Å². The third-order valence-corrected chi connectivity index (χ3v) is 3.85. The number of carbonyl (C=O) groups is 1. The zero-order valence-electron chi connectivity index (χ0n) is 11.6. The first-order chi connectivity index (χ1) is 9.17. The molecular weight excluding hydrogens is 240 g/mol. The van der Waals surface area contributed by atoms with Crippen molar-refractivity contribution in [3.05, 3.63) is 29.8 Å². The largest absolute Gasteiger partial charge is 0.496 e. The Hall–Kier alpha value is -1.55. The predicted molar refractivity (Wildman–Crippen MR) is 75.3 cm³/mol. The Morgan fingerprint density at radius 2 is 2.21 bits per heavy atom. The molecule has 0 aliphatic carbocycles. The molecule has 1 aromatic rings. The highest BCUT2D eigenvalue weighted by Gasteiger charge is 2.30. The van der Waals surface area contributed by atoms with Crippen LogP contribution >= 0.6 is 0 Å². The maximum atomic E-state index is 12.6. The fourth-order valence-corrected chi connectivity index (χ4v) is 2.72. The molecule has 0 saturated carbocycles. The van der Waals surface area contributed by atoms with E-state index in [1.54, 1.807) is 7.11 Å². The predicted octanol–water partition coefficient (Wildman–Crippen LogP) is 1.89. The van der Waals surface area contributed by atoms with Gasteiger partial charge in [0, 0.05) is 19.1 Å². The standard InChI is InChI=1S/C15H22N2O2/c1-11-7-8-17(12(9-11)10-16)15(18)13-5-3-4-6-14(13)19-2/h3-6,11-12H,7-10,16H2,1-2H3. The number of rotatable bonds is 3. The summed E-state index contributed by atoms with van der Waals surface area (Å²) in [5.41, 5.74) is 6.44. The molecule has 2 unspecified atom stereocenters. The lowest BCUT2D eigenvalue weighted by Gasteiger charge is -2.38. The van der Waals surface area contributed by atoms with Crippen LogP contribution in [0.3, 0.4) is 0 Å². The molecule has 1 aliphatic rings. The van der Waals surface area contributed by atoms with E-state index < -0.39 is 0 Å². The molecule has 0 radical (unpaired) electrons. The second kappa shape index (κ2) is 6.06. The SMILES string of the molecule is COc1ccccc1C(=O)N1CCC(C)CC1CN. The monoisotopic (exact) mass is 262 g/mol. The fourth-order valence-electron chi connectivity index (χ4n) is 2.72. The normalized spacial score (nSPS) is 23.2. The van der Waals surface area contributed by atoms with Crippen LogP contribution in [0.4, 0.5) is 0 Å². The van der Waals surface area contributed by atoms with Crippen molar-refractivity contribution >= 4 is 5.91 Å². The smallest absolute Gasteiger partial charge is 0.257 e. The first-order valence-corrected chi connectivity index (χ1v) is 6.81. The molecule has 2 rings (SSSR count). The number of benzene rings is 1. The Morgan fingerprint density at radius 3 is 2.89 bits per heavy atom. The van der Waals surface area contributed by atoms with Gasteiger partial charge in [-0.1, -0.05) is 19.1 Å². The summed E-state index contributed by atoms with van der Waals surface area (Å²) in [4.78, 5) is 14.5. The molecule has 1 heterocycles. The Bertz CT molecular complexity index is 448. The van der Waals surface area contributed by atoms with Gasteiger partial charge in [-0.15, -0.1) is 0 Å². The average Bonchev–Trinajstić information content (AvgIpc) is 2.46. The van der Waals surface area contributed by atoms with Gasteiger partial charge in [-0.05, 0) is 30.9 Å². The molecule has 1 amide bonds. The van der Waals surface area contributed by atoms with E-state index in [-0.39, 0.29) is 11.9 Å². The fraction of sp³-hybridized carbons (Fsp3) is 0.533. The van der Waals surface area contributed by atoms with E-state index in [9.17, 15) is 4.79 Å². The summed E-state index contributed by atoms with van der Waals surface area (Å²) in [6.45, 7) is 3.51. The van der Waals surface area contributed by atoms with E-state index in [1.807, 2.05) is 29.2 Å². The summed E-state index contributed by atoms with van der Waals surface area (Å²) in [5.74, 6) is 1.29. The van der Waals surface area contributed by atoms with Crippen LogP contribution in [-0.4, -0.2) is 37.0 Å². The number of nitrogens with two attached hydrogens (primary N) is 1. The molecule has 2 atom stereocenters. The highest BCUT2D eigenvalue weighted by atomic mass is 16.5. The Balaban J connectivity index is 2.22. The number of para-hydroxylation sites is 1. The molecular formula is C15H22N2O2. The van der Waals surface area contributed by atoms with Crippen LogP contribution in [-0.2, 0) is 0 Å². The minimum Gasteiger partial charge on any atom is -0.496 e. The maximum Gasteiger partial charge on any atom is 0.257 e. The van der Waals surface area contributed by atoms with E-state index in [0.717, 1.165) is 19.4 Å². The van der Waals surface area contributed by atoms with Crippen molar-refractivity contribution in [2.45, 2.75) is 25.8 Å². The number of carbonyl (C=O) groups excluding carboxylic acids is 1. The van der Waals surface area contributed by atoms with Crippen LogP contribution in [0.2, 0.25) is 0 Å². The number of amides is 1. The number of hydrogen-bond donors (Lipinski definition) is 1. The number of methoxy groups -OCH3 is 1. The number of hydrogen-bond acceptors (Lipinski definition) is 3. The molecule has 104 valence electrons. The molecule has 0 spiro atoms. The molecule has 19 heavy (non-hydrogen) atoms. The maximum absolute atomic E-state index is 12.6. The lowest BCUT2D eigenvalue weighted by atomic mass is 9.92. The van der Waals surface area contributed by atoms with Crippen molar-refractivity contribution < 1.29 is 9.53 Å². The van der Waals surface area contributed by atoms with E-state index in [2.05, 4.69) is 6.92 Å². The minimum absolute atomic E-state index is 0.0276. The number of likely N-dealkylation sites (tertiary alicyclic amines) is 1. The van der Waals surface area contributed by atoms with Crippen molar-refractivity contribution in [1.29, 1.82) is 0 Å². The Kier molecular flexibility index (Phi) is 4.43. The van der Waals surface area contributed by atoms with E-state index in [0.29, 0.717) is 23.8 Å². The third-order valence-electron chi connectivity index (χ3n) is 3.85. The zero-order valence-corrected chi connectivity index (χ0v) is 11.6. The molecule has 2 N–H and O–H groups in total. The van der Waals surface area contributed by atoms with Gasteiger partial charge in [0.05, 0.1) is 12.7 Å². The van der Waals surface area contributed by atoms with Gasteiger partial charge in [0.25, 0.3) is 5.91 Å². The van der Waals surface area contributed by atoms with Gasteiger partial charge in [-0.25, -0.2) is 0 Å². The lowest BCUT2D eigenvalue weighted by Crippen LogP contribution is -2.49. The van der Waals surface area contributed by atoms with Gasteiger partial charge >= 0.3 is 0 Å². The Labute approximate surface area is 114 Å². The number of piperidine rings is 1. The van der Waals surface area contributed by atoms with Gasteiger partial charge < -0.3 is 15.4 Å². The van der Waals surface area contributed by atoms with Crippen LogP contribution in [0.25, 0.3) is 0 Å². The molecule has 4 nitrogen and oxygen atoms in total. The Morgan fingerprint density at radius 1 is 1.47 bits per heavy atom. The van der Waals surface area contributed by atoms with Crippen molar-refractivity contribution in [3.63, 3.8) is 0 Å². The van der Waals surface area contributed by atoms with Crippen LogP contribution in [0, 0.1) is 5.92 Å². The first-order valence-electron chi connectivity index (χ1n) is 6.81. The third kappa shape index (κ3) is 2.89. The molecule has 1 fully saturated rings. The van der Waals surface area contributed by atoms with Gasteiger partial charge in [0.15, 0.2) is 0 Å². The highest BCUT2D eigenvalue weighted by molar-refractivity contribution is 5.97. The molecule has 1 aromatic carbocycles. The molecule has 0 aromatic heterocycles. The summed E-state index contributed by atoms with van der Waals surface area (Å²) >= 11 is 0. The average molecular weight is 262 g/mol. The summed E-state index contributed by atoms with van der Waals surface area (Å²) < 4.78 is 5.27. The van der Waals surface area contributed by atoms with E-state index >= 15 is 0 Å². The van der Waals surface area contributed by atoms with Crippen molar-refractivity contribution in [2.75, 3.05) is 20.2 Å². The van der Waals surface area contributed by atoms with Crippen molar-refractivity contribution in [2.24, 2.45) is 11.7 Å². The summed E-state index contributed by atoms with van der Waals surface area (Å²) in [7, 11) is 1.59. The van der Waals surface area contributed by atoms with Crippen LogP contribution in [0.15, 0.2) is 24.3 Å².